The molecule has 2 N–H and O–H groups in total. The Bertz CT molecular complexity index is 838. The first-order valence-electron chi connectivity index (χ1n) is 7.89. The third-order valence-corrected chi connectivity index (χ3v) is 3.56. The predicted molar refractivity (Wildman–Crippen MR) is 95.0 cm³/mol. The van der Waals surface area contributed by atoms with Gasteiger partial charge in [-0.15, -0.1) is 10.2 Å². The van der Waals surface area contributed by atoms with Gasteiger partial charge in [-0.05, 0) is 42.3 Å². The molecule has 0 aliphatic rings. The summed E-state index contributed by atoms with van der Waals surface area (Å²) < 4.78 is 13.1. The van der Waals surface area contributed by atoms with Crippen molar-refractivity contribution in [2.24, 2.45) is 0 Å². The zero-order valence-corrected chi connectivity index (χ0v) is 13.4. The van der Waals surface area contributed by atoms with Crippen molar-refractivity contribution in [2.75, 3.05) is 17.2 Å². The molecule has 0 bridgehead atoms. The number of carbonyl (C=O) groups is 1. The molecule has 0 saturated carbocycles. The van der Waals surface area contributed by atoms with Gasteiger partial charge in [0.2, 0.25) is 0 Å². The number of carbonyl (C=O) groups excluding carboxylic acids is 1. The molecule has 0 aliphatic heterocycles. The molecule has 6 heteroatoms. The van der Waals surface area contributed by atoms with Gasteiger partial charge < -0.3 is 10.6 Å². The largest absolute Gasteiger partial charge is 0.368 e. The maximum atomic E-state index is 13.1. The van der Waals surface area contributed by atoms with Gasteiger partial charge in [-0.25, -0.2) is 4.39 Å². The molecule has 2 aromatic carbocycles. The Kier molecular flexibility index (Phi) is 5.31. The Balaban J connectivity index is 1.52. The van der Waals surface area contributed by atoms with Crippen LogP contribution >= 0.6 is 0 Å². The summed E-state index contributed by atoms with van der Waals surface area (Å²) in [6, 6.07) is 19.0. The first-order valence-corrected chi connectivity index (χ1v) is 7.89. The molecule has 0 saturated heterocycles. The van der Waals surface area contributed by atoms with Crippen LogP contribution in [0.1, 0.15) is 15.9 Å². The Morgan fingerprint density at radius 1 is 0.920 bits per heavy atom. The standard InChI is InChI=1S/C19H17FN4O/c20-16-8-4-7-15(13-16)19(25)22-18-10-9-17(23-24-18)21-12-11-14-5-2-1-3-6-14/h1-10,13H,11-12H2,(H,21,23)(H,22,24,25). The molecule has 0 unspecified atom stereocenters. The van der Waals surface area contributed by atoms with Gasteiger partial charge in [-0.3, -0.25) is 4.79 Å². The topological polar surface area (TPSA) is 66.9 Å². The van der Waals surface area contributed by atoms with Crippen LogP contribution in [0, 0.1) is 5.82 Å². The average molecular weight is 336 g/mol. The minimum Gasteiger partial charge on any atom is -0.368 e. The van der Waals surface area contributed by atoms with Crippen molar-refractivity contribution >= 4 is 17.5 Å². The van der Waals surface area contributed by atoms with Crippen molar-refractivity contribution in [1.29, 1.82) is 0 Å². The molecule has 1 aromatic heterocycles. The minimum atomic E-state index is -0.461. The van der Waals surface area contributed by atoms with Crippen molar-refractivity contribution in [3.05, 3.63) is 83.7 Å². The van der Waals surface area contributed by atoms with Crippen molar-refractivity contribution < 1.29 is 9.18 Å². The van der Waals surface area contributed by atoms with E-state index in [0.29, 0.717) is 11.6 Å². The second-order valence-corrected chi connectivity index (χ2v) is 5.43. The number of anilines is 2. The summed E-state index contributed by atoms with van der Waals surface area (Å²) in [7, 11) is 0. The van der Waals surface area contributed by atoms with Crippen molar-refractivity contribution in [2.45, 2.75) is 6.42 Å². The first kappa shape index (κ1) is 16.6. The summed E-state index contributed by atoms with van der Waals surface area (Å²) in [5, 5.41) is 13.7. The number of benzene rings is 2. The van der Waals surface area contributed by atoms with E-state index in [0.717, 1.165) is 13.0 Å². The third kappa shape index (κ3) is 4.84. The smallest absolute Gasteiger partial charge is 0.256 e. The van der Waals surface area contributed by atoms with Crippen LogP contribution in [-0.2, 0) is 6.42 Å². The van der Waals surface area contributed by atoms with Crippen LogP contribution in [0.5, 0.6) is 0 Å². The minimum absolute atomic E-state index is 0.229. The van der Waals surface area contributed by atoms with Gasteiger partial charge in [0.15, 0.2) is 5.82 Å². The van der Waals surface area contributed by atoms with E-state index in [-0.39, 0.29) is 5.56 Å². The molecular formula is C19H17FN4O. The van der Waals surface area contributed by atoms with Crippen molar-refractivity contribution in [3.63, 3.8) is 0 Å². The van der Waals surface area contributed by atoms with Crippen LogP contribution in [0.2, 0.25) is 0 Å². The quantitative estimate of drug-likeness (QED) is 0.723. The summed E-state index contributed by atoms with van der Waals surface area (Å²) in [4.78, 5) is 12.0. The maximum Gasteiger partial charge on any atom is 0.256 e. The van der Waals surface area contributed by atoms with Crippen LogP contribution in [0.3, 0.4) is 0 Å². The fourth-order valence-electron chi connectivity index (χ4n) is 2.29. The molecule has 0 radical (unpaired) electrons. The van der Waals surface area contributed by atoms with E-state index in [2.05, 4.69) is 33.0 Å². The van der Waals surface area contributed by atoms with Crippen molar-refractivity contribution in [3.8, 4) is 0 Å². The van der Waals surface area contributed by atoms with Gasteiger partial charge >= 0.3 is 0 Å². The van der Waals surface area contributed by atoms with E-state index >= 15 is 0 Å². The highest BCUT2D eigenvalue weighted by atomic mass is 19.1. The first-order chi connectivity index (χ1) is 12.2. The average Bonchev–Trinajstić information content (AvgIpc) is 2.64. The molecule has 25 heavy (non-hydrogen) atoms. The van der Waals surface area contributed by atoms with Gasteiger partial charge in [0.05, 0.1) is 0 Å². The lowest BCUT2D eigenvalue weighted by Gasteiger charge is -2.07. The van der Waals surface area contributed by atoms with Crippen molar-refractivity contribution in [1.82, 2.24) is 10.2 Å². The predicted octanol–water partition coefficient (Wildman–Crippen LogP) is 3.52. The molecule has 3 rings (SSSR count). The Hall–Kier alpha value is -3.28. The molecular weight excluding hydrogens is 319 g/mol. The summed E-state index contributed by atoms with van der Waals surface area (Å²) in [5.41, 5.74) is 1.47. The molecule has 3 aromatic rings. The zero-order valence-electron chi connectivity index (χ0n) is 13.4. The van der Waals surface area contributed by atoms with Gasteiger partial charge in [0, 0.05) is 12.1 Å². The van der Waals surface area contributed by atoms with E-state index < -0.39 is 11.7 Å². The third-order valence-electron chi connectivity index (χ3n) is 3.56. The number of rotatable bonds is 6. The van der Waals surface area contributed by atoms with E-state index in [1.165, 1.54) is 29.8 Å². The second-order valence-electron chi connectivity index (χ2n) is 5.43. The van der Waals surface area contributed by atoms with Gasteiger partial charge in [-0.1, -0.05) is 36.4 Å². The Labute approximate surface area is 144 Å². The maximum absolute atomic E-state index is 13.1. The fraction of sp³-hybridized carbons (Fsp3) is 0.105. The second kappa shape index (κ2) is 8.01. The van der Waals surface area contributed by atoms with E-state index in [9.17, 15) is 9.18 Å². The molecule has 0 atom stereocenters. The highest BCUT2D eigenvalue weighted by Gasteiger charge is 2.08. The number of hydrogen-bond donors (Lipinski definition) is 2. The monoisotopic (exact) mass is 336 g/mol. The lowest BCUT2D eigenvalue weighted by atomic mass is 10.1. The van der Waals surface area contributed by atoms with E-state index in [1.807, 2.05) is 18.2 Å². The zero-order chi connectivity index (χ0) is 17.5. The van der Waals surface area contributed by atoms with Gasteiger partial charge in [0.25, 0.3) is 5.91 Å². The SMILES string of the molecule is O=C(Nc1ccc(NCCc2ccccc2)nn1)c1cccc(F)c1. The van der Waals surface area contributed by atoms with Gasteiger partial charge in [-0.2, -0.15) is 0 Å². The highest BCUT2D eigenvalue weighted by Crippen LogP contribution is 2.10. The lowest BCUT2D eigenvalue weighted by molar-refractivity contribution is 0.102. The number of amides is 1. The number of nitrogens with one attached hydrogen (secondary N) is 2. The van der Waals surface area contributed by atoms with Crippen LogP contribution in [-0.4, -0.2) is 22.6 Å². The van der Waals surface area contributed by atoms with E-state index in [1.54, 1.807) is 12.1 Å². The fourth-order valence-corrected chi connectivity index (χ4v) is 2.29. The normalized spacial score (nSPS) is 10.3. The Morgan fingerprint density at radius 3 is 2.40 bits per heavy atom. The van der Waals surface area contributed by atoms with E-state index in [4.69, 9.17) is 0 Å². The number of hydrogen-bond acceptors (Lipinski definition) is 4. The number of aromatic nitrogens is 2. The van der Waals surface area contributed by atoms with Gasteiger partial charge in [0.1, 0.15) is 11.6 Å². The molecule has 5 nitrogen and oxygen atoms in total. The van der Waals surface area contributed by atoms with Crippen LogP contribution in [0.25, 0.3) is 0 Å². The molecule has 0 aliphatic carbocycles. The molecule has 1 heterocycles. The number of nitrogens with zero attached hydrogens (tertiary/aromatic N) is 2. The molecule has 126 valence electrons. The Morgan fingerprint density at radius 2 is 1.68 bits per heavy atom. The summed E-state index contributed by atoms with van der Waals surface area (Å²) in [6.07, 6.45) is 0.876. The van der Waals surface area contributed by atoms with Crippen LogP contribution < -0.4 is 10.6 Å². The summed E-state index contributed by atoms with van der Waals surface area (Å²) >= 11 is 0. The lowest BCUT2D eigenvalue weighted by Crippen LogP contribution is -2.14. The van der Waals surface area contributed by atoms with Crippen LogP contribution in [0.4, 0.5) is 16.0 Å². The molecule has 0 spiro atoms. The van der Waals surface area contributed by atoms with Crippen LogP contribution in [0.15, 0.2) is 66.7 Å². The summed E-state index contributed by atoms with van der Waals surface area (Å²) in [6.45, 7) is 0.730. The number of halogens is 1. The highest BCUT2D eigenvalue weighted by molar-refractivity contribution is 6.03. The molecule has 1 amide bonds. The summed E-state index contributed by atoms with van der Waals surface area (Å²) in [5.74, 6) is 0.0397. The molecule has 0 fully saturated rings.